The molecule has 170 valence electrons. The minimum atomic E-state index is -1.05. The number of ether oxygens (including phenoxy) is 2. The number of benzene rings is 2. The molecule has 10 nitrogen and oxygen atoms in total. The van der Waals surface area contributed by atoms with Crippen molar-refractivity contribution in [3.63, 3.8) is 0 Å². The highest BCUT2D eigenvalue weighted by molar-refractivity contribution is 5.90. The molecule has 0 aliphatic rings. The molecule has 2 aromatic carbocycles. The fraction of sp³-hybridized carbons (Fsp3) is 0.273. The summed E-state index contributed by atoms with van der Waals surface area (Å²) in [5.41, 5.74) is 1.45. The van der Waals surface area contributed by atoms with Gasteiger partial charge in [-0.2, -0.15) is 0 Å². The molecule has 4 N–H and O–H groups in total. The first-order valence-corrected chi connectivity index (χ1v) is 9.73. The van der Waals surface area contributed by atoms with Crippen LogP contribution in [0.25, 0.3) is 0 Å². The van der Waals surface area contributed by atoms with Crippen molar-refractivity contribution in [2.75, 3.05) is 20.2 Å². The van der Waals surface area contributed by atoms with Crippen LogP contribution in [0.1, 0.15) is 11.1 Å². The SMILES string of the molecule is COC(=O)CNC(=O)CNC(=O)[C@H](Cc1ccc(O)cc1)NC(=O)OCc1ccccc1. The number of alkyl carbamates (subject to hydrolysis) is 1. The second kappa shape index (κ2) is 12.6. The van der Waals surface area contributed by atoms with Crippen LogP contribution >= 0.6 is 0 Å². The molecule has 2 rings (SSSR count). The molecule has 3 amide bonds. The van der Waals surface area contributed by atoms with Gasteiger partial charge in [-0.15, -0.1) is 0 Å². The molecule has 0 bridgehead atoms. The maximum atomic E-state index is 12.6. The summed E-state index contributed by atoms with van der Waals surface area (Å²) >= 11 is 0. The highest BCUT2D eigenvalue weighted by Gasteiger charge is 2.23. The van der Waals surface area contributed by atoms with E-state index in [0.717, 1.165) is 5.56 Å². The second-order valence-corrected chi connectivity index (χ2v) is 6.70. The number of amides is 3. The molecule has 10 heteroatoms. The number of rotatable bonds is 10. The molecule has 0 unspecified atom stereocenters. The maximum absolute atomic E-state index is 12.6. The van der Waals surface area contributed by atoms with Gasteiger partial charge in [-0.1, -0.05) is 42.5 Å². The van der Waals surface area contributed by atoms with Crippen LogP contribution < -0.4 is 16.0 Å². The van der Waals surface area contributed by atoms with Crippen LogP contribution in [0, 0.1) is 0 Å². The molecular formula is C22H25N3O7. The van der Waals surface area contributed by atoms with E-state index in [2.05, 4.69) is 20.7 Å². The van der Waals surface area contributed by atoms with Gasteiger partial charge in [-0.3, -0.25) is 14.4 Å². The molecule has 0 heterocycles. The van der Waals surface area contributed by atoms with E-state index in [1.54, 1.807) is 24.3 Å². The van der Waals surface area contributed by atoms with Crippen molar-refractivity contribution in [1.82, 2.24) is 16.0 Å². The molecule has 2 aromatic rings. The molecule has 0 fully saturated rings. The van der Waals surface area contributed by atoms with Crippen molar-refractivity contribution in [2.24, 2.45) is 0 Å². The number of phenols is 1. The summed E-state index contributed by atoms with van der Waals surface area (Å²) in [5.74, 6) is -1.79. The van der Waals surface area contributed by atoms with Gasteiger partial charge < -0.3 is 30.5 Å². The normalized spacial score (nSPS) is 11.0. The number of aromatic hydroxyl groups is 1. The summed E-state index contributed by atoms with van der Waals surface area (Å²) in [6, 6.07) is 14.1. The van der Waals surface area contributed by atoms with Gasteiger partial charge >= 0.3 is 12.1 Å². The highest BCUT2D eigenvalue weighted by atomic mass is 16.5. The van der Waals surface area contributed by atoms with Gasteiger partial charge in [0.05, 0.1) is 13.7 Å². The lowest BCUT2D eigenvalue weighted by Crippen LogP contribution is -2.50. The third-order valence-electron chi connectivity index (χ3n) is 4.28. The van der Waals surface area contributed by atoms with Gasteiger partial charge in [0.1, 0.15) is 24.9 Å². The van der Waals surface area contributed by atoms with Crippen LogP contribution in [0.5, 0.6) is 5.75 Å². The van der Waals surface area contributed by atoms with Crippen LogP contribution in [0.15, 0.2) is 54.6 Å². The molecule has 0 saturated heterocycles. The summed E-state index contributed by atoms with van der Waals surface area (Å²) in [4.78, 5) is 47.7. The average molecular weight is 443 g/mol. The Balaban J connectivity index is 1.95. The quantitative estimate of drug-likeness (QED) is 0.395. The average Bonchev–Trinajstić information content (AvgIpc) is 2.81. The number of methoxy groups -OCH3 is 1. The third kappa shape index (κ3) is 8.74. The van der Waals surface area contributed by atoms with Crippen molar-refractivity contribution < 1.29 is 33.8 Å². The van der Waals surface area contributed by atoms with Crippen molar-refractivity contribution in [1.29, 1.82) is 0 Å². The largest absolute Gasteiger partial charge is 0.508 e. The zero-order chi connectivity index (χ0) is 23.3. The van der Waals surface area contributed by atoms with Crippen LogP contribution in [0.2, 0.25) is 0 Å². The number of nitrogens with one attached hydrogen (secondary N) is 3. The molecule has 0 aliphatic carbocycles. The molecule has 0 aromatic heterocycles. The zero-order valence-electron chi connectivity index (χ0n) is 17.5. The van der Waals surface area contributed by atoms with E-state index in [4.69, 9.17) is 4.74 Å². The summed E-state index contributed by atoms with van der Waals surface area (Å²) in [6.45, 7) is -0.703. The summed E-state index contributed by atoms with van der Waals surface area (Å²) in [5, 5.41) is 16.6. The molecule has 0 aliphatic heterocycles. The van der Waals surface area contributed by atoms with Crippen LogP contribution in [-0.2, 0) is 36.9 Å². The predicted molar refractivity (Wildman–Crippen MR) is 113 cm³/mol. The Bertz CT molecular complexity index is 917. The third-order valence-corrected chi connectivity index (χ3v) is 4.28. The highest BCUT2D eigenvalue weighted by Crippen LogP contribution is 2.12. The Morgan fingerprint density at radius 1 is 0.906 bits per heavy atom. The Labute approximate surface area is 184 Å². The van der Waals surface area contributed by atoms with E-state index in [1.807, 2.05) is 18.2 Å². The van der Waals surface area contributed by atoms with Gasteiger partial charge in [-0.05, 0) is 23.3 Å². The van der Waals surface area contributed by atoms with E-state index in [1.165, 1.54) is 19.2 Å². The molecule has 32 heavy (non-hydrogen) atoms. The Morgan fingerprint density at radius 2 is 1.59 bits per heavy atom. The van der Waals surface area contributed by atoms with Crippen LogP contribution in [0.4, 0.5) is 4.79 Å². The van der Waals surface area contributed by atoms with E-state index < -0.39 is 36.5 Å². The fourth-order valence-corrected chi connectivity index (χ4v) is 2.58. The first-order chi connectivity index (χ1) is 15.4. The lowest BCUT2D eigenvalue weighted by molar-refractivity contribution is -0.141. The molecule has 0 spiro atoms. The van der Waals surface area contributed by atoms with Crippen molar-refractivity contribution in [2.45, 2.75) is 19.1 Å². The topological polar surface area (TPSA) is 143 Å². The van der Waals surface area contributed by atoms with Gasteiger partial charge in [0.25, 0.3) is 0 Å². The van der Waals surface area contributed by atoms with Crippen LogP contribution in [0.3, 0.4) is 0 Å². The lowest BCUT2D eigenvalue weighted by Gasteiger charge is -2.18. The van der Waals surface area contributed by atoms with Crippen LogP contribution in [-0.4, -0.2) is 55.2 Å². The Hall–Kier alpha value is -4.08. The Kier molecular flexibility index (Phi) is 9.51. The predicted octanol–water partition coefficient (Wildman–Crippen LogP) is 0.635. The first-order valence-electron chi connectivity index (χ1n) is 9.73. The van der Waals surface area contributed by atoms with E-state index in [9.17, 15) is 24.3 Å². The number of esters is 1. The summed E-state index contributed by atoms with van der Waals surface area (Å²) in [7, 11) is 1.19. The number of hydrogen-bond acceptors (Lipinski definition) is 7. The van der Waals surface area contributed by atoms with E-state index in [-0.39, 0.29) is 25.3 Å². The monoisotopic (exact) mass is 443 g/mol. The summed E-state index contributed by atoms with van der Waals surface area (Å²) < 4.78 is 9.59. The zero-order valence-corrected chi connectivity index (χ0v) is 17.5. The number of carbonyl (C=O) groups excluding carboxylic acids is 4. The van der Waals surface area contributed by atoms with E-state index in [0.29, 0.717) is 5.56 Å². The number of hydrogen-bond donors (Lipinski definition) is 4. The first kappa shape index (κ1) is 24.2. The molecular weight excluding hydrogens is 418 g/mol. The summed E-state index contributed by atoms with van der Waals surface area (Å²) in [6.07, 6.45) is -0.709. The number of carbonyl (C=O) groups is 4. The molecule has 1 atom stereocenters. The van der Waals surface area contributed by atoms with E-state index >= 15 is 0 Å². The number of phenolic OH excluding ortho intramolecular Hbond substituents is 1. The van der Waals surface area contributed by atoms with Gasteiger partial charge in [0, 0.05) is 6.42 Å². The minimum absolute atomic E-state index is 0.0240. The molecule has 0 radical (unpaired) electrons. The fourth-order valence-electron chi connectivity index (χ4n) is 2.58. The lowest BCUT2D eigenvalue weighted by atomic mass is 10.1. The van der Waals surface area contributed by atoms with Gasteiger partial charge in [0.2, 0.25) is 11.8 Å². The van der Waals surface area contributed by atoms with Crippen molar-refractivity contribution in [3.8, 4) is 5.75 Å². The minimum Gasteiger partial charge on any atom is -0.508 e. The van der Waals surface area contributed by atoms with Gasteiger partial charge in [0.15, 0.2) is 0 Å². The van der Waals surface area contributed by atoms with Crippen molar-refractivity contribution in [3.05, 3.63) is 65.7 Å². The Morgan fingerprint density at radius 3 is 2.25 bits per heavy atom. The molecule has 0 saturated carbocycles. The second-order valence-electron chi connectivity index (χ2n) is 6.70. The maximum Gasteiger partial charge on any atom is 0.408 e. The smallest absolute Gasteiger partial charge is 0.408 e. The van der Waals surface area contributed by atoms with Crippen molar-refractivity contribution >= 4 is 23.9 Å². The standard InChI is InChI=1S/C22H25N3O7/c1-31-20(28)13-23-19(27)12-24-21(29)18(11-15-7-9-17(26)10-8-15)25-22(30)32-14-16-5-3-2-4-6-16/h2-10,18,26H,11-14H2,1H3,(H,23,27)(H,24,29)(H,25,30)/t18-/m0/s1. The van der Waals surface area contributed by atoms with Gasteiger partial charge in [-0.25, -0.2) is 4.79 Å².